The summed E-state index contributed by atoms with van der Waals surface area (Å²) in [6.45, 7) is 7.71. The second kappa shape index (κ2) is 6.61. The SMILES string of the molecule is CCCC(C)(O)CNC(=O)c1cc(C)nnc1CC. The van der Waals surface area contributed by atoms with Crippen molar-refractivity contribution in [3.05, 3.63) is 23.0 Å². The first kappa shape index (κ1) is 15.6. The molecule has 0 aliphatic rings. The number of nitrogens with zero attached hydrogens (tertiary/aromatic N) is 2. The molecule has 1 heterocycles. The van der Waals surface area contributed by atoms with Crippen molar-refractivity contribution in [2.45, 2.75) is 52.6 Å². The molecular weight excluding hydrogens is 242 g/mol. The number of aliphatic hydroxyl groups is 1. The minimum Gasteiger partial charge on any atom is -0.388 e. The van der Waals surface area contributed by atoms with Crippen LogP contribution in [-0.2, 0) is 6.42 Å². The third-order valence-electron chi connectivity index (χ3n) is 2.99. The van der Waals surface area contributed by atoms with E-state index in [1.165, 1.54) is 0 Å². The van der Waals surface area contributed by atoms with Crippen LogP contribution in [0.5, 0.6) is 0 Å². The second-order valence-corrected chi connectivity index (χ2v) is 5.13. The van der Waals surface area contributed by atoms with Crippen LogP contribution >= 0.6 is 0 Å². The van der Waals surface area contributed by atoms with E-state index in [0.717, 1.165) is 6.42 Å². The van der Waals surface area contributed by atoms with E-state index in [9.17, 15) is 9.90 Å². The zero-order valence-electron chi connectivity index (χ0n) is 12.2. The molecule has 0 bridgehead atoms. The van der Waals surface area contributed by atoms with Gasteiger partial charge in [0.25, 0.3) is 5.91 Å². The lowest BCUT2D eigenvalue weighted by Crippen LogP contribution is -2.40. The van der Waals surface area contributed by atoms with Crippen molar-refractivity contribution in [3.8, 4) is 0 Å². The van der Waals surface area contributed by atoms with E-state index in [1.54, 1.807) is 19.9 Å². The van der Waals surface area contributed by atoms with Crippen molar-refractivity contribution in [1.82, 2.24) is 15.5 Å². The first-order chi connectivity index (χ1) is 8.89. The van der Waals surface area contributed by atoms with Gasteiger partial charge in [-0.1, -0.05) is 20.3 Å². The lowest BCUT2D eigenvalue weighted by Gasteiger charge is -2.23. The van der Waals surface area contributed by atoms with Gasteiger partial charge >= 0.3 is 0 Å². The number of aryl methyl sites for hydroxylation is 2. The van der Waals surface area contributed by atoms with Gasteiger partial charge in [-0.15, -0.1) is 0 Å². The third-order valence-corrected chi connectivity index (χ3v) is 2.99. The van der Waals surface area contributed by atoms with E-state index < -0.39 is 5.60 Å². The molecule has 5 heteroatoms. The van der Waals surface area contributed by atoms with Gasteiger partial charge in [-0.3, -0.25) is 4.79 Å². The van der Waals surface area contributed by atoms with Crippen LogP contribution in [0.2, 0.25) is 0 Å². The predicted molar refractivity (Wildman–Crippen MR) is 74.0 cm³/mol. The summed E-state index contributed by atoms with van der Waals surface area (Å²) in [6.07, 6.45) is 2.18. The van der Waals surface area contributed by atoms with Crippen LogP contribution < -0.4 is 5.32 Å². The molecule has 1 aromatic rings. The molecule has 0 saturated heterocycles. The lowest BCUT2D eigenvalue weighted by atomic mass is 10.0. The van der Waals surface area contributed by atoms with E-state index >= 15 is 0 Å². The summed E-state index contributed by atoms with van der Waals surface area (Å²) < 4.78 is 0. The molecule has 106 valence electrons. The average molecular weight is 265 g/mol. The van der Waals surface area contributed by atoms with Crippen molar-refractivity contribution < 1.29 is 9.90 Å². The average Bonchev–Trinajstić information content (AvgIpc) is 2.36. The number of carbonyl (C=O) groups excluding carboxylic acids is 1. The fourth-order valence-corrected chi connectivity index (χ4v) is 1.96. The zero-order valence-corrected chi connectivity index (χ0v) is 12.2. The van der Waals surface area contributed by atoms with Gasteiger partial charge < -0.3 is 10.4 Å². The van der Waals surface area contributed by atoms with E-state index in [1.807, 2.05) is 13.8 Å². The number of hydrogen-bond acceptors (Lipinski definition) is 4. The normalized spacial score (nSPS) is 13.9. The Kier molecular flexibility index (Phi) is 5.42. The van der Waals surface area contributed by atoms with Crippen LogP contribution in [0.25, 0.3) is 0 Å². The fraction of sp³-hybridized carbons (Fsp3) is 0.643. The lowest BCUT2D eigenvalue weighted by molar-refractivity contribution is 0.0469. The summed E-state index contributed by atoms with van der Waals surface area (Å²) in [6, 6.07) is 1.73. The van der Waals surface area contributed by atoms with Gasteiger partial charge in [0.2, 0.25) is 0 Å². The Balaban J connectivity index is 2.76. The van der Waals surface area contributed by atoms with Crippen LogP contribution in [0.3, 0.4) is 0 Å². The van der Waals surface area contributed by atoms with Crippen LogP contribution in [0.4, 0.5) is 0 Å². The molecular formula is C14H23N3O2. The van der Waals surface area contributed by atoms with Crippen LogP contribution in [0, 0.1) is 6.92 Å². The first-order valence-corrected chi connectivity index (χ1v) is 6.73. The molecule has 1 aromatic heterocycles. The van der Waals surface area contributed by atoms with Gasteiger partial charge in [-0.25, -0.2) is 0 Å². The minimum atomic E-state index is -0.869. The van der Waals surface area contributed by atoms with Crippen molar-refractivity contribution in [2.75, 3.05) is 6.54 Å². The molecule has 2 N–H and O–H groups in total. The summed E-state index contributed by atoms with van der Waals surface area (Å²) in [5.74, 6) is -0.203. The summed E-state index contributed by atoms with van der Waals surface area (Å²) in [5, 5.41) is 20.8. The Bertz CT molecular complexity index is 444. The van der Waals surface area contributed by atoms with Crippen molar-refractivity contribution >= 4 is 5.91 Å². The largest absolute Gasteiger partial charge is 0.388 e. The van der Waals surface area contributed by atoms with Crippen molar-refractivity contribution in [2.24, 2.45) is 0 Å². The Morgan fingerprint density at radius 2 is 2.11 bits per heavy atom. The number of hydrogen-bond donors (Lipinski definition) is 2. The molecule has 1 rings (SSSR count). The molecule has 19 heavy (non-hydrogen) atoms. The monoisotopic (exact) mass is 265 g/mol. The number of carbonyl (C=O) groups is 1. The topological polar surface area (TPSA) is 75.1 Å². The van der Waals surface area contributed by atoms with Gasteiger partial charge in [0, 0.05) is 6.54 Å². The Morgan fingerprint density at radius 1 is 1.42 bits per heavy atom. The third kappa shape index (κ3) is 4.59. The highest BCUT2D eigenvalue weighted by atomic mass is 16.3. The van der Waals surface area contributed by atoms with Gasteiger partial charge in [-0.2, -0.15) is 10.2 Å². The maximum Gasteiger partial charge on any atom is 0.253 e. The Labute approximate surface area is 114 Å². The minimum absolute atomic E-state index is 0.203. The van der Waals surface area contributed by atoms with Gasteiger partial charge in [-0.05, 0) is 32.8 Å². The second-order valence-electron chi connectivity index (χ2n) is 5.13. The predicted octanol–water partition coefficient (Wildman–Crippen LogP) is 1.63. The Morgan fingerprint density at radius 3 is 2.68 bits per heavy atom. The van der Waals surface area contributed by atoms with Gasteiger partial charge in [0.15, 0.2) is 0 Å². The highest BCUT2D eigenvalue weighted by Gasteiger charge is 2.21. The standard InChI is InChI=1S/C14H23N3O2/c1-5-7-14(4,19)9-15-13(18)11-8-10(3)16-17-12(11)6-2/h8,19H,5-7,9H2,1-4H3,(H,15,18). The molecule has 1 amide bonds. The molecule has 0 fully saturated rings. The fourth-order valence-electron chi connectivity index (χ4n) is 1.96. The molecule has 0 saturated carbocycles. The molecule has 1 unspecified atom stereocenters. The van der Waals surface area contributed by atoms with Crippen LogP contribution in [0.1, 0.15) is 55.4 Å². The molecule has 0 radical (unpaired) electrons. The van der Waals surface area contributed by atoms with E-state index in [0.29, 0.717) is 29.8 Å². The number of aromatic nitrogens is 2. The van der Waals surface area contributed by atoms with Gasteiger partial charge in [0.1, 0.15) is 0 Å². The van der Waals surface area contributed by atoms with Crippen molar-refractivity contribution in [3.63, 3.8) is 0 Å². The molecule has 1 atom stereocenters. The van der Waals surface area contributed by atoms with Crippen LogP contribution in [-0.4, -0.2) is 33.4 Å². The molecule has 0 aliphatic carbocycles. The van der Waals surface area contributed by atoms with Crippen molar-refractivity contribution in [1.29, 1.82) is 0 Å². The zero-order chi connectivity index (χ0) is 14.5. The van der Waals surface area contributed by atoms with E-state index in [4.69, 9.17) is 0 Å². The summed E-state index contributed by atoms with van der Waals surface area (Å²) >= 11 is 0. The molecule has 0 aromatic carbocycles. The molecule has 5 nitrogen and oxygen atoms in total. The smallest absolute Gasteiger partial charge is 0.253 e. The van der Waals surface area contributed by atoms with E-state index in [-0.39, 0.29) is 12.5 Å². The van der Waals surface area contributed by atoms with Crippen LogP contribution in [0.15, 0.2) is 6.07 Å². The number of amides is 1. The highest BCUT2D eigenvalue weighted by Crippen LogP contribution is 2.12. The van der Waals surface area contributed by atoms with Gasteiger partial charge in [0.05, 0.1) is 22.6 Å². The molecule has 0 spiro atoms. The Hall–Kier alpha value is -1.49. The maximum absolute atomic E-state index is 12.1. The maximum atomic E-state index is 12.1. The summed E-state index contributed by atoms with van der Waals surface area (Å²) in [4.78, 5) is 12.1. The number of nitrogens with one attached hydrogen (secondary N) is 1. The molecule has 0 aliphatic heterocycles. The van der Waals surface area contributed by atoms with E-state index in [2.05, 4.69) is 15.5 Å². The summed E-state index contributed by atoms with van der Waals surface area (Å²) in [7, 11) is 0. The number of rotatable bonds is 6. The highest BCUT2D eigenvalue weighted by molar-refractivity contribution is 5.95. The summed E-state index contributed by atoms with van der Waals surface area (Å²) in [5.41, 5.74) is 1.06. The first-order valence-electron chi connectivity index (χ1n) is 6.73. The quantitative estimate of drug-likeness (QED) is 0.819.